The van der Waals surface area contributed by atoms with E-state index in [2.05, 4.69) is 5.32 Å². The molecular weight excluding hydrogens is 352 g/mol. The van der Waals surface area contributed by atoms with E-state index in [0.29, 0.717) is 24.9 Å². The first-order valence-corrected chi connectivity index (χ1v) is 9.11. The van der Waals surface area contributed by atoms with Crippen molar-refractivity contribution in [1.82, 2.24) is 10.2 Å². The average Bonchev–Trinajstić information content (AvgIpc) is 3.13. The number of amides is 4. The molecule has 1 aromatic carbocycles. The number of carbonyl (C=O) groups is 3. The van der Waals surface area contributed by atoms with E-state index in [1.807, 2.05) is 11.8 Å². The number of non-ortho nitro benzene ring substituents is 1. The van der Waals surface area contributed by atoms with E-state index in [0.717, 1.165) is 17.0 Å². The van der Waals surface area contributed by atoms with Crippen LogP contribution >= 0.6 is 0 Å². The molecule has 3 heterocycles. The maximum atomic E-state index is 13.4. The van der Waals surface area contributed by atoms with Crippen molar-refractivity contribution in [3.8, 4) is 0 Å². The molecule has 9 heteroatoms. The van der Waals surface area contributed by atoms with E-state index in [-0.39, 0.29) is 24.7 Å². The second-order valence-electron chi connectivity index (χ2n) is 7.29. The summed E-state index contributed by atoms with van der Waals surface area (Å²) in [6.45, 7) is 2.75. The monoisotopic (exact) mass is 372 g/mol. The van der Waals surface area contributed by atoms with Gasteiger partial charge in [0.2, 0.25) is 11.8 Å². The van der Waals surface area contributed by atoms with Crippen molar-refractivity contribution in [3.63, 3.8) is 0 Å². The summed E-state index contributed by atoms with van der Waals surface area (Å²) in [6, 6.07) is 3.53. The molecule has 4 amide bonds. The number of barbiturate groups is 1. The van der Waals surface area contributed by atoms with Crippen LogP contribution in [0.2, 0.25) is 0 Å². The van der Waals surface area contributed by atoms with Crippen LogP contribution < -0.4 is 10.2 Å². The Kier molecular flexibility index (Phi) is 3.90. The fourth-order valence-corrected chi connectivity index (χ4v) is 4.68. The smallest absolute Gasteiger partial charge is 0.330 e. The first-order chi connectivity index (χ1) is 12.9. The summed E-state index contributed by atoms with van der Waals surface area (Å²) < 4.78 is 0. The molecule has 2 fully saturated rings. The van der Waals surface area contributed by atoms with Crippen molar-refractivity contribution in [1.29, 1.82) is 0 Å². The third kappa shape index (κ3) is 2.34. The zero-order chi connectivity index (χ0) is 19.3. The third-order valence-electron chi connectivity index (χ3n) is 5.82. The van der Waals surface area contributed by atoms with Crippen LogP contribution in [0.5, 0.6) is 0 Å². The maximum Gasteiger partial charge on any atom is 0.330 e. The van der Waals surface area contributed by atoms with Gasteiger partial charge in [0.1, 0.15) is 0 Å². The minimum absolute atomic E-state index is 0.0589. The number of urea groups is 1. The van der Waals surface area contributed by atoms with Crippen LogP contribution in [-0.4, -0.2) is 46.8 Å². The number of rotatable bonds is 3. The molecule has 2 unspecified atom stereocenters. The van der Waals surface area contributed by atoms with Crippen molar-refractivity contribution < 1.29 is 19.3 Å². The number of carbonyl (C=O) groups excluding carboxylic acids is 3. The second kappa shape index (κ2) is 6.04. The fraction of sp³-hybridized carbons (Fsp3) is 0.500. The SMILES string of the molecule is CCCN1C(=O)NC(=O)C2(Cc3cc([N+](=O)[O-])ccc3N3CCCC32)C1=O. The highest BCUT2D eigenvalue weighted by molar-refractivity contribution is 6.20. The highest BCUT2D eigenvalue weighted by atomic mass is 16.6. The largest absolute Gasteiger partial charge is 0.367 e. The Labute approximate surface area is 155 Å². The summed E-state index contributed by atoms with van der Waals surface area (Å²) in [5.41, 5.74) is -0.0847. The number of hydrogen-bond donors (Lipinski definition) is 1. The van der Waals surface area contributed by atoms with E-state index < -0.39 is 28.2 Å². The van der Waals surface area contributed by atoms with E-state index in [1.54, 1.807) is 6.07 Å². The molecule has 1 N–H and O–H groups in total. The molecule has 2 saturated heterocycles. The molecule has 2 atom stereocenters. The lowest BCUT2D eigenvalue weighted by molar-refractivity contribution is -0.384. The summed E-state index contributed by atoms with van der Waals surface area (Å²) in [5, 5.41) is 13.5. The van der Waals surface area contributed by atoms with Crippen LogP contribution in [0.3, 0.4) is 0 Å². The Morgan fingerprint density at radius 3 is 2.81 bits per heavy atom. The Balaban J connectivity index is 1.86. The van der Waals surface area contributed by atoms with Gasteiger partial charge in [-0.05, 0) is 30.9 Å². The lowest BCUT2D eigenvalue weighted by Gasteiger charge is -2.49. The summed E-state index contributed by atoms with van der Waals surface area (Å²) in [6.07, 6.45) is 2.11. The standard InChI is InChI=1S/C18H20N4O5/c1-2-7-21-16(24)18(15(23)19-17(21)25)10-11-9-12(22(26)27)5-6-13(11)20-8-3-4-14(18)20/h5-6,9,14H,2-4,7-8,10H2,1H3,(H,19,23,25). The van der Waals surface area contributed by atoms with Gasteiger partial charge < -0.3 is 4.90 Å². The van der Waals surface area contributed by atoms with Crippen LogP contribution in [0, 0.1) is 15.5 Å². The zero-order valence-electron chi connectivity index (χ0n) is 14.9. The molecule has 9 nitrogen and oxygen atoms in total. The van der Waals surface area contributed by atoms with Crippen LogP contribution in [-0.2, 0) is 16.0 Å². The van der Waals surface area contributed by atoms with Crippen LogP contribution in [0.4, 0.5) is 16.2 Å². The van der Waals surface area contributed by atoms with E-state index in [1.165, 1.54) is 12.1 Å². The molecule has 142 valence electrons. The zero-order valence-corrected chi connectivity index (χ0v) is 14.9. The second-order valence-corrected chi connectivity index (χ2v) is 7.29. The third-order valence-corrected chi connectivity index (χ3v) is 5.82. The van der Waals surface area contributed by atoms with E-state index in [4.69, 9.17) is 0 Å². The quantitative estimate of drug-likeness (QED) is 0.490. The first-order valence-electron chi connectivity index (χ1n) is 9.11. The Hall–Kier alpha value is -2.97. The predicted octanol–water partition coefficient (Wildman–Crippen LogP) is 1.59. The van der Waals surface area contributed by atoms with Gasteiger partial charge in [-0.3, -0.25) is 29.9 Å². The molecule has 3 aliphatic rings. The molecule has 0 bridgehead atoms. The van der Waals surface area contributed by atoms with Crippen molar-refractivity contribution in [2.24, 2.45) is 5.41 Å². The van der Waals surface area contributed by atoms with Gasteiger partial charge in [-0.2, -0.15) is 0 Å². The number of nitro benzene ring substituents is 1. The van der Waals surface area contributed by atoms with Crippen LogP contribution in [0.15, 0.2) is 18.2 Å². The van der Waals surface area contributed by atoms with Gasteiger partial charge in [0.05, 0.1) is 11.0 Å². The van der Waals surface area contributed by atoms with Crippen molar-refractivity contribution in [3.05, 3.63) is 33.9 Å². The first kappa shape index (κ1) is 17.4. The Morgan fingerprint density at radius 1 is 1.33 bits per heavy atom. The van der Waals surface area contributed by atoms with Gasteiger partial charge in [-0.25, -0.2) is 4.79 Å². The molecule has 0 radical (unpaired) electrons. The molecule has 27 heavy (non-hydrogen) atoms. The molecule has 1 aromatic rings. The normalized spacial score (nSPS) is 26.9. The predicted molar refractivity (Wildman–Crippen MR) is 95.1 cm³/mol. The highest BCUT2D eigenvalue weighted by Crippen LogP contribution is 2.48. The Bertz CT molecular complexity index is 869. The number of nitrogens with one attached hydrogen (secondary N) is 1. The number of nitro groups is 1. The van der Waals surface area contributed by atoms with Crippen molar-refractivity contribution in [2.75, 3.05) is 18.0 Å². The van der Waals surface area contributed by atoms with Gasteiger partial charge in [-0.15, -0.1) is 0 Å². The lowest BCUT2D eigenvalue weighted by atomic mass is 9.68. The van der Waals surface area contributed by atoms with Gasteiger partial charge in [0, 0.05) is 37.3 Å². The molecule has 0 aromatic heterocycles. The summed E-state index contributed by atoms with van der Waals surface area (Å²) >= 11 is 0. The minimum Gasteiger partial charge on any atom is -0.367 e. The number of anilines is 1. The van der Waals surface area contributed by atoms with E-state index >= 15 is 0 Å². The summed E-state index contributed by atoms with van der Waals surface area (Å²) in [5.74, 6) is -1.09. The number of hydrogen-bond acceptors (Lipinski definition) is 6. The highest BCUT2D eigenvalue weighted by Gasteiger charge is 2.62. The fourth-order valence-electron chi connectivity index (χ4n) is 4.68. The van der Waals surface area contributed by atoms with Crippen molar-refractivity contribution >= 4 is 29.2 Å². The van der Waals surface area contributed by atoms with Gasteiger partial charge >= 0.3 is 6.03 Å². The topological polar surface area (TPSA) is 113 Å². The molecular formula is C18H20N4O5. The molecule has 3 aliphatic heterocycles. The average molecular weight is 372 g/mol. The lowest BCUT2D eigenvalue weighted by Crippen LogP contribution is -2.71. The number of nitrogens with zero attached hydrogens (tertiary/aromatic N) is 3. The number of benzene rings is 1. The minimum atomic E-state index is -1.43. The maximum absolute atomic E-state index is 13.4. The van der Waals surface area contributed by atoms with Gasteiger partial charge in [0.15, 0.2) is 5.41 Å². The summed E-state index contributed by atoms with van der Waals surface area (Å²) in [7, 11) is 0. The molecule has 0 aliphatic carbocycles. The van der Waals surface area contributed by atoms with Crippen LogP contribution in [0.25, 0.3) is 0 Å². The van der Waals surface area contributed by atoms with Gasteiger partial charge in [-0.1, -0.05) is 6.92 Å². The molecule has 0 saturated carbocycles. The van der Waals surface area contributed by atoms with E-state index in [9.17, 15) is 24.5 Å². The Morgan fingerprint density at radius 2 is 2.11 bits per heavy atom. The number of fused-ring (bicyclic) bond motifs is 4. The van der Waals surface area contributed by atoms with Gasteiger partial charge in [0.25, 0.3) is 5.69 Å². The number of imide groups is 2. The van der Waals surface area contributed by atoms with Crippen molar-refractivity contribution in [2.45, 2.75) is 38.6 Å². The summed E-state index contributed by atoms with van der Waals surface area (Å²) in [4.78, 5) is 52.3. The van der Waals surface area contributed by atoms with Crippen LogP contribution in [0.1, 0.15) is 31.7 Å². The molecule has 4 rings (SSSR count). The molecule has 1 spiro atoms.